The number of H-pyrrole nitrogens is 1. The van der Waals surface area contributed by atoms with Crippen LogP contribution in [0.25, 0.3) is 11.4 Å². The van der Waals surface area contributed by atoms with Crippen LogP contribution in [0, 0.1) is 13.8 Å². The van der Waals surface area contributed by atoms with E-state index in [1.54, 1.807) is 6.92 Å². The van der Waals surface area contributed by atoms with Crippen molar-refractivity contribution in [3.05, 3.63) is 59.7 Å². The van der Waals surface area contributed by atoms with E-state index in [0.29, 0.717) is 11.0 Å². The minimum absolute atomic E-state index is 0.0965. The molecule has 3 N–H and O–H groups in total. The maximum absolute atomic E-state index is 12.3. The molecule has 0 saturated carbocycles. The van der Waals surface area contributed by atoms with Crippen LogP contribution in [0.5, 0.6) is 0 Å². The van der Waals surface area contributed by atoms with Crippen molar-refractivity contribution in [2.75, 3.05) is 11.9 Å². The molecule has 29 heavy (non-hydrogen) atoms. The van der Waals surface area contributed by atoms with Crippen molar-refractivity contribution in [3.63, 3.8) is 0 Å². The second-order valence-electron chi connectivity index (χ2n) is 6.63. The lowest BCUT2D eigenvalue weighted by Gasteiger charge is -2.13. The summed E-state index contributed by atoms with van der Waals surface area (Å²) in [5, 5.41) is 12.6. The molecule has 150 valence electrons. The molecule has 0 spiro atoms. The zero-order valence-corrected chi connectivity index (χ0v) is 17.3. The van der Waals surface area contributed by atoms with Gasteiger partial charge in [-0.1, -0.05) is 60.3 Å². The Balaban J connectivity index is 1.51. The molecule has 2 amide bonds. The van der Waals surface area contributed by atoms with Gasteiger partial charge in [-0.3, -0.25) is 14.7 Å². The number of carbonyl (C=O) groups is 2. The summed E-state index contributed by atoms with van der Waals surface area (Å²) in [5.74, 6) is 0.128. The first-order valence-electron chi connectivity index (χ1n) is 9.22. The number of benzene rings is 2. The molecular weight excluding hydrogens is 386 g/mol. The predicted octanol–water partition coefficient (Wildman–Crippen LogP) is 3.32. The second kappa shape index (κ2) is 9.38. The normalized spacial score (nSPS) is 11.7. The summed E-state index contributed by atoms with van der Waals surface area (Å²) in [7, 11) is 0. The fourth-order valence-corrected chi connectivity index (χ4v) is 3.49. The summed E-state index contributed by atoms with van der Waals surface area (Å²) in [6.07, 6.45) is 0. The van der Waals surface area contributed by atoms with Crippen molar-refractivity contribution in [2.45, 2.75) is 31.2 Å². The predicted molar refractivity (Wildman–Crippen MR) is 115 cm³/mol. The molecule has 1 aromatic heterocycles. The first-order valence-corrected chi connectivity index (χ1v) is 10.1. The molecule has 1 atom stereocenters. The van der Waals surface area contributed by atoms with E-state index in [0.717, 1.165) is 22.4 Å². The summed E-state index contributed by atoms with van der Waals surface area (Å²) >= 11 is 1.23. The molecule has 3 aromatic rings. The molecule has 0 aliphatic carbocycles. The summed E-state index contributed by atoms with van der Waals surface area (Å²) in [6.45, 7) is 5.52. The van der Waals surface area contributed by atoms with Crippen LogP contribution in [0.4, 0.5) is 5.69 Å². The molecule has 0 bridgehead atoms. The molecule has 0 saturated heterocycles. The Labute approximate surface area is 173 Å². The Bertz CT molecular complexity index is 983. The van der Waals surface area contributed by atoms with Gasteiger partial charge in [-0.15, -0.1) is 5.10 Å². The smallest absolute Gasteiger partial charge is 0.243 e. The van der Waals surface area contributed by atoms with Gasteiger partial charge in [0.25, 0.3) is 0 Å². The zero-order chi connectivity index (χ0) is 20.8. The van der Waals surface area contributed by atoms with E-state index in [-0.39, 0.29) is 18.4 Å². The Morgan fingerprint density at radius 1 is 1.07 bits per heavy atom. The van der Waals surface area contributed by atoms with Crippen molar-refractivity contribution in [3.8, 4) is 11.4 Å². The van der Waals surface area contributed by atoms with E-state index in [4.69, 9.17) is 0 Å². The molecule has 1 heterocycles. The Morgan fingerprint density at radius 3 is 2.45 bits per heavy atom. The third-order valence-electron chi connectivity index (χ3n) is 4.33. The Morgan fingerprint density at radius 2 is 1.76 bits per heavy atom. The van der Waals surface area contributed by atoms with Gasteiger partial charge >= 0.3 is 0 Å². The number of hydrogen-bond acceptors (Lipinski definition) is 5. The van der Waals surface area contributed by atoms with Crippen LogP contribution in [0.1, 0.15) is 18.1 Å². The average Bonchev–Trinajstić information content (AvgIpc) is 3.18. The first-order chi connectivity index (χ1) is 13.9. The number of rotatable bonds is 7. The summed E-state index contributed by atoms with van der Waals surface area (Å²) in [5.41, 5.74) is 3.66. The number of nitrogens with zero attached hydrogens (tertiary/aromatic N) is 2. The third-order valence-corrected chi connectivity index (χ3v) is 5.29. The molecular formula is C21H23N5O2S. The number of aromatic amines is 1. The number of aryl methyl sites for hydroxylation is 2. The largest absolute Gasteiger partial charge is 0.346 e. The summed E-state index contributed by atoms with van der Waals surface area (Å²) in [6, 6.07) is 15.4. The molecule has 3 rings (SSSR count). The fraction of sp³-hybridized carbons (Fsp3) is 0.238. The summed E-state index contributed by atoms with van der Waals surface area (Å²) in [4.78, 5) is 28.9. The van der Waals surface area contributed by atoms with Crippen LogP contribution < -0.4 is 10.6 Å². The first kappa shape index (κ1) is 20.6. The van der Waals surface area contributed by atoms with Gasteiger partial charge in [0.1, 0.15) is 0 Å². The quantitative estimate of drug-likeness (QED) is 0.520. The minimum Gasteiger partial charge on any atom is -0.346 e. The maximum Gasteiger partial charge on any atom is 0.243 e. The van der Waals surface area contributed by atoms with Gasteiger partial charge < -0.3 is 10.6 Å². The van der Waals surface area contributed by atoms with E-state index in [1.165, 1.54) is 11.8 Å². The van der Waals surface area contributed by atoms with Crippen LogP contribution in [-0.2, 0) is 9.59 Å². The van der Waals surface area contributed by atoms with Crippen molar-refractivity contribution < 1.29 is 9.59 Å². The Kier molecular flexibility index (Phi) is 6.66. The average molecular weight is 410 g/mol. The molecule has 8 heteroatoms. The van der Waals surface area contributed by atoms with Gasteiger partial charge in [0.2, 0.25) is 17.0 Å². The van der Waals surface area contributed by atoms with Crippen LogP contribution in [-0.4, -0.2) is 38.8 Å². The van der Waals surface area contributed by atoms with Gasteiger partial charge in [0.05, 0.1) is 11.8 Å². The number of para-hydroxylation sites is 1. The topological polar surface area (TPSA) is 99.8 Å². The lowest BCUT2D eigenvalue weighted by molar-refractivity contribution is -0.123. The number of thioether (sulfide) groups is 1. The third kappa shape index (κ3) is 5.45. The van der Waals surface area contributed by atoms with Crippen molar-refractivity contribution >= 4 is 29.3 Å². The van der Waals surface area contributed by atoms with Gasteiger partial charge in [0.15, 0.2) is 5.82 Å². The highest BCUT2D eigenvalue weighted by molar-refractivity contribution is 8.00. The highest BCUT2D eigenvalue weighted by atomic mass is 32.2. The summed E-state index contributed by atoms with van der Waals surface area (Å²) < 4.78 is 0. The molecule has 7 nitrogen and oxygen atoms in total. The fourth-order valence-electron chi connectivity index (χ4n) is 2.74. The van der Waals surface area contributed by atoms with Crippen molar-refractivity contribution in [1.29, 1.82) is 0 Å². The lowest BCUT2D eigenvalue weighted by Crippen LogP contribution is -2.37. The van der Waals surface area contributed by atoms with Crippen molar-refractivity contribution in [2.24, 2.45) is 0 Å². The monoisotopic (exact) mass is 409 g/mol. The lowest BCUT2D eigenvalue weighted by atomic mass is 10.1. The van der Waals surface area contributed by atoms with E-state index < -0.39 is 5.25 Å². The Hall–Kier alpha value is -3.13. The van der Waals surface area contributed by atoms with Crippen molar-refractivity contribution in [1.82, 2.24) is 20.5 Å². The number of aromatic nitrogens is 3. The van der Waals surface area contributed by atoms with Crippen LogP contribution in [0.3, 0.4) is 0 Å². The van der Waals surface area contributed by atoms with E-state index >= 15 is 0 Å². The molecule has 2 aromatic carbocycles. The number of carbonyl (C=O) groups excluding carboxylic acids is 2. The highest BCUT2D eigenvalue weighted by Gasteiger charge is 2.18. The SMILES string of the molecule is Cc1cccc(C)c1NC(=O)CNC(=O)[C@@H](C)Sc1n[nH]c(-c2ccccc2)n1. The van der Waals surface area contributed by atoms with E-state index in [2.05, 4.69) is 25.8 Å². The number of amides is 2. The standard InChI is InChI=1S/C21H23N5O2S/c1-13-8-7-9-14(2)18(13)23-17(27)12-22-20(28)15(3)29-21-24-19(25-26-21)16-10-5-4-6-11-16/h4-11,15H,12H2,1-3H3,(H,22,28)(H,23,27)(H,24,25,26)/t15-/m1/s1. The molecule has 0 fully saturated rings. The molecule has 0 radical (unpaired) electrons. The molecule has 0 aliphatic rings. The van der Waals surface area contributed by atoms with Gasteiger partial charge in [0, 0.05) is 11.3 Å². The van der Waals surface area contributed by atoms with Gasteiger partial charge in [-0.2, -0.15) is 0 Å². The number of anilines is 1. The van der Waals surface area contributed by atoms with Crippen LogP contribution >= 0.6 is 11.8 Å². The van der Waals surface area contributed by atoms with E-state index in [1.807, 2.05) is 62.4 Å². The molecule has 0 aliphatic heterocycles. The van der Waals surface area contributed by atoms with Gasteiger partial charge in [-0.25, -0.2) is 4.98 Å². The number of hydrogen-bond donors (Lipinski definition) is 3. The number of nitrogens with one attached hydrogen (secondary N) is 3. The second-order valence-corrected chi connectivity index (χ2v) is 7.93. The maximum atomic E-state index is 12.3. The molecule has 0 unspecified atom stereocenters. The van der Waals surface area contributed by atoms with E-state index in [9.17, 15) is 9.59 Å². The minimum atomic E-state index is -0.442. The van der Waals surface area contributed by atoms with Crippen LogP contribution in [0.15, 0.2) is 53.7 Å². The zero-order valence-electron chi connectivity index (χ0n) is 16.5. The van der Waals surface area contributed by atoms with Crippen LogP contribution in [0.2, 0.25) is 0 Å². The van der Waals surface area contributed by atoms with Gasteiger partial charge in [-0.05, 0) is 31.9 Å². The highest BCUT2D eigenvalue weighted by Crippen LogP contribution is 2.22.